The van der Waals surface area contributed by atoms with Gasteiger partial charge in [0.2, 0.25) is 5.91 Å². The van der Waals surface area contributed by atoms with Gasteiger partial charge in [-0.25, -0.2) is 0 Å². The number of carbonyl (C=O) groups excluding carboxylic acids is 1. The first-order valence-electron chi connectivity index (χ1n) is 6.87. The summed E-state index contributed by atoms with van der Waals surface area (Å²) >= 11 is 0. The van der Waals surface area contributed by atoms with Gasteiger partial charge in [0.05, 0.1) is 13.2 Å². The Bertz CT molecular complexity index is 252. The summed E-state index contributed by atoms with van der Waals surface area (Å²) < 4.78 is 5.26. The molecule has 0 N–H and O–H groups in total. The van der Waals surface area contributed by atoms with Crippen LogP contribution in [0.3, 0.4) is 0 Å². The van der Waals surface area contributed by atoms with Crippen LogP contribution in [0, 0.1) is 0 Å². The van der Waals surface area contributed by atoms with E-state index >= 15 is 0 Å². The summed E-state index contributed by atoms with van der Waals surface area (Å²) in [4.78, 5) is 16.4. The summed E-state index contributed by atoms with van der Waals surface area (Å²) in [5.41, 5.74) is 0. The molecule has 0 aromatic heterocycles. The largest absolute Gasteiger partial charge is 0.378 e. The minimum Gasteiger partial charge on any atom is -0.378 e. The molecule has 0 aromatic rings. The highest BCUT2D eigenvalue weighted by Crippen LogP contribution is 2.16. The van der Waals surface area contributed by atoms with Crippen molar-refractivity contribution in [2.45, 2.75) is 38.6 Å². The summed E-state index contributed by atoms with van der Waals surface area (Å²) in [6.45, 7) is 7.31. The quantitative estimate of drug-likeness (QED) is 0.741. The number of rotatable bonds is 3. The van der Waals surface area contributed by atoms with Crippen LogP contribution in [0.15, 0.2) is 0 Å². The van der Waals surface area contributed by atoms with E-state index in [2.05, 4.69) is 11.8 Å². The van der Waals surface area contributed by atoms with Gasteiger partial charge >= 0.3 is 0 Å². The van der Waals surface area contributed by atoms with E-state index in [4.69, 9.17) is 4.74 Å². The molecule has 2 aliphatic heterocycles. The third kappa shape index (κ3) is 3.68. The Morgan fingerprint density at radius 1 is 1.24 bits per heavy atom. The number of morpholine rings is 1. The molecule has 1 unspecified atom stereocenters. The van der Waals surface area contributed by atoms with Crippen molar-refractivity contribution in [3.63, 3.8) is 0 Å². The molecule has 2 fully saturated rings. The molecule has 2 aliphatic rings. The van der Waals surface area contributed by atoms with Crippen molar-refractivity contribution in [1.82, 2.24) is 9.80 Å². The van der Waals surface area contributed by atoms with Gasteiger partial charge in [-0.05, 0) is 26.3 Å². The Morgan fingerprint density at radius 3 is 2.71 bits per heavy atom. The third-order valence-electron chi connectivity index (χ3n) is 3.92. The molecule has 2 saturated heterocycles. The highest BCUT2D eigenvalue weighted by atomic mass is 16.5. The zero-order valence-corrected chi connectivity index (χ0v) is 10.9. The van der Waals surface area contributed by atoms with Crippen LogP contribution in [0.2, 0.25) is 0 Å². The zero-order valence-electron chi connectivity index (χ0n) is 10.9. The van der Waals surface area contributed by atoms with Crippen molar-refractivity contribution in [2.75, 3.05) is 39.4 Å². The molecule has 1 atom stereocenters. The number of hydrogen-bond acceptors (Lipinski definition) is 3. The van der Waals surface area contributed by atoms with E-state index in [0.717, 1.165) is 26.2 Å². The smallest absolute Gasteiger partial charge is 0.224 e. The molecular weight excluding hydrogens is 216 g/mol. The molecule has 2 rings (SSSR count). The molecule has 0 bridgehead atoms. The van der Waals surface area contributed by atoms with Crippen molar-refractivity contribution < 1.29 is 9.53 Å². The van der Waals surface area contributed by atoms with Crippen molar-refractivity contribution >= 4 is 5.91 Å². The van der Waals surface area contributed by atoms with E-state index in [0.29, 0.717) is 31.6 Å². The number of carbonyl (C=O) groups is 1. The molecule has 4 nitrogen and oxygen atoms in total. The Kier molecular flexibility index (Phi) is 4.80. The second kappa shape index (κ2) is 6.36. The van der Waals surface area contributed by atoms with Gasteiger partial charge in [-0.1, -0.05) is 6.42 Å². The van der Waals surface area contributed by atoms with Crippen LogP contribution >= 0.6 is 0 Å². The third-order valence-corrected chi connectivity index (χ3v) is 3.92. The topological polar surface area (TPSA) is 32.8 Å². The summed E-state index contributed by atoms with van der Waals surface area (Å²) in [6, 6.07) is 0.654. The number of hydrogen-bond donors (Lipinski definition) is 0. The van der Waals surface area contributed by atoms with Crippen LogP contribution < -0.4 is 0 Å². The molecule has 2 heterocycles. The van der Waals surface area contributed by atoms with E-state index in [1.165, 1.54) is 19.3 Å². The SMILES string of the molecule is CC1CCCCN1CCC(=O)N1CCOCC1. The molecule has 98 valence electrons. The number of ether oxygens (including phenoxy) is 1. The van der Waals surface area contributed by atoms with Crippen molar-refractivity contribution in [3.8, 4) is 0 Å². The van der Waals surface area contributed by atoms with Crippen molar-refractivity contribution in [3.05, 3.63) is 0 Å². The molecule has 1 amide bonds. The lowest BCUT2D eigenvalue weighted by Gasteiger charge is -2.34. The molecule has 4 heteroatoms. The monoisotopic (exact) mass is 240 g/mol. The average molecular weight is 240 g/mol. The van der Waals surface area contributed by atoms with E-state index < -0.39 is 0 Å². The van der Waals surface area contributed by atoms with E-state index in [9.17, 15) is 4.79 Å². The summed E-state index contributed by atoms with van der Waals surface area (Å²) in [5, 5.41) is 0. The lowest BCUT2D eigenvalue weighted by Crippen LogP contribution is -2.44. The molecule has 0 aromatic carbocycles. The van der Waals surface area contributed by atoms with Gasteiger partial charge in [0.1, 0.15) is 0 Å². The highest BCUT2D eigenvalue weighted by molar-refractivity contribution is 5.76. The standard InChI is InChI=1S/C13H24N2O2/c1-12-4-2-3-6-14(12)7-5-13(16)15-8-10-17-11-9-15/h12H,2-11H2,1H3. The fourth-order valence-electron chi connectivity index (χ4n) is 2.70. The Balaban J connectivity index is 1.71. The Labute approximate surface area is 104 Å². The van der Waals surface area contributed by atoms with Crippen LogP contribution in [0.1, 0.15) is 32.6 Å². The van der Waals surface area contributed by atoms with Gasteiger partial charge in [-0.15, -0.1) is 0 Å². The first-order valence-corrected chi connectivity index (χ1v) is 6.87. The van der Waals surface area contributed by atoms with Gasteiger partial charge in [-0.3, -0.25) is 4.79 Å². The molecule has 0 spiro atoms. The summed E-state index contributed by atoms with van der Waals surface area (Å²) in [7, 11) is 0. The lowest BCUT2D eigenvalue weighted by atomic mass is 10.0. The number of amides is 1. The molecule has 0 radical (unpaired) electrons. The van der Waals surface area contributed by atoms with Crippen LogP contribution in [0.5, 0.6) is 0 Å². The maximum Gasteiger partial charge on any atom is 0.224 e. The van der Waals surface area contributed by atoms with Crippen LogP contribution in [-0.4, -0.2) is 61.1 Å². The van der Waals surface area contributed by atoms with Gasteiger partial charge in [0.15, 0.2) is 0 Å². The number of nitrogens with zero attached hydrogens (tertiary/aromatic N) is 2. The maximum absolute atomic E-state index is 12.0. The molecular formula is C13H24N2O2. The molecule has 0 saturated carbocycles. The van der Waals surface area contributed by atoms with Gasteiger partial charge in [0, 0.05) is 32.1 Å². The second-order valence-electron chi connectivity index (χ2n) is 5.12. The van der Waals surface area contributed by atoms with Gasteiger partial charge in [0.25, 0.3) is 0 Å². The Morgan fingerprint density at radius 2 is 2.00 bits per heavy atom. The second-order valence-corrected chi connectivity index (χ2v) is 5.12. The van der Waals surface area contributed by atoms with Gasteiger partial charge < -0.3 is 14.5 Å². The fraction of sp³-hybridized carbons (Fsp3) is 0.923. The molecule has 17 heavy (non-hydrogen) atoms. The predicted octanol–water partition coefficient (Wildman–Crippen LogP) is 1.11. The first kappa shape index (κ1) is 12.8. The van der Waals surface area contributed by atoms with Gasteiger partial charge in [-0.2, -0.15) is 0 Å². The highest BCUT2D eigenvalue weighted by Gasteiger charge is 2.21. The van der Waals surface area contributed by atoms with Crippen LogP contribution in [-0.2, 0) is 9.53 Å². The van der Waals surface area contributed by atoms with Crippen LogP contribution in [0.25, 0.3) is 0 Å². The molecule has 0 aliphatic carbocycles. The number of likely N-dealkylation sites (tertiary alicyclic amines) is 1. The van der Waals surface area contributed by atoms with E-state index in [-0.39, 0.29) is 0 Å². The Hall–Kier alpha value is -0.610. The minimum atomic E-state index is 0.297. The van der Waals surface area contributed by atoms with Crippen molar-refractivity contribution in [2.24, 2.45) is 0 Å². The average Bonchev–Trinajstić information content (AvgIpc) is 2.38. The van der Waals surface area contributed by atoms with E-state index in [1.54, 1.807) is 0 Å². The predicted molar refractivity (Wildman–Crippen MR) is 66.9 cm³/mol. The lowest BCUT2D eigenvalue weighted by molar-refractivity contribution is -0.135. The minimum absolute atomic E-state index is 0.297. The number of piperidine rings is 1. The fourth-order valence-corrected chi connectivity index (χ4v) is 2.70. The summed E-state index contributed by atoms with van der Waals surface area (Å²) in [6.07, 6.45) is 4.58. The summed E-state index contributed by atoms with van der Waals surface area (Å²) in [5.74, 6) is 0.297. The van der Waals surface area contributed by atoms with Crippen LogP contribution in [0.4, 0.5) is 0 Å². The maximum atomic E-state index is 12.0. The normalized spacial score (nSPS) is 27.1. The zero-order chi connectivity index (χ0) is 12.1. The van der Waals surface area contributed by atoms with E-state index in [1.807, 2.05) is 4.90 Å². The van der Waals surface area contributed by atoms with Crippen molar-refractivity contribution in [1.29, 1.82) is 0 Å². The first-order chi connectivity index (χ1) is 8.27.